The molecule has 3 saturated carbocycles. The van der Waals surface area contributed by atoms with E-state index in [1.165, 1.54) is 6.08 Å². The Bertz CT molecular complexity index is 941. The standard InChI is InChI=1S/C22H27ClO4/c1-12-8-16-15-5-4-13-9-14(25)6-7-21(13,3)22(15,23)18(27)10-20(16,2)19(12)17(26)11-24/h6-7,9,11-12,15-16,18,26-27H,4-5,8,10H2,1-3H3/b19-17-/t12-,15-,16-,18-,20-,21-,22-/m0/s1/i4D2,9D. The van der Waals surface area contributed by atoms with Crippen LogP contribution in [0.15, 0.2) is 35.1 Å². The number of hydrogen-bond donors (Lipinski definition) is 2. The van der Waals surface area contributed by atoms with Crippen molar-refractivity contribution in [3.05, 3.63) is 35.1 Å². The summed E-state index contributed by atoms with van der Waals surface area (Å²) in [5.41, 5.74) is -1.27. The van der Waals surface area contributed by atoms with Gasteiger partial charge in [-0.2, -0.15) is 0 Å². The highest BCUT2D eigenvalue weighted by molar-refractivity contribution is 6.26. The molecule has 0 heterocycles. The minimum absolute atomic E-state index is 0.0361. The number of hydrogen-bond acceptors (Lipinski definition) is 4. The summed E-state index contributed by atoms with van der Waals surface area (Å²) in [7, 11) is 0. The van der Waals surface area contributed by atoms with E-state index in [1.807, 2.05) is 13.8 Å². The Labute approximate surface area is 169 Å². The minimum atomic E-state index is -1.95. The fraction of sp³-hybridized carbons (Fsp3) is 0.636. The summed E-state index contributed by atoms with van der Waals surface area (Å²) < 4.78 is 25.8. The number of rotatable bonds is 1. The number of allylic oxidation sites excluding steroid dienone is 6. The van der Waals surface area contributed by atoms with E-state index in [-0.39, 0.29) is 42.1 Å². The molecule has 0 amide bonds. The van der Waals surface area contributed by atoms with Gasteiger partial charge in [-0.25, -0.2) is 0 Å². The van der Waals surface area contributed by atoms with Gasteiger partial charge < -0.3 is 10.2 Å². The zero-order valence-electron chi connectivity index (χ0n) is 18.8. The third-order valence-electron chi connectivity index (χ3n) is 7.68. The van der Waals surface area contributed by atoms with Crippen molar-refractivity contribution >= 4 is 23.7 Å². The van der Waals surface area contributed by atoms with Gasteiger partial charge in [0.05, 0.1) is 12.3 Å². The van der Waals surface area contributed by atoms with E-state index in [4.69, 9.17) is 15.7 Å². The molecule has 7 atom stereocenters. The molecule has 0 bridgehead atoms. The fourth-order valence-electron chi connectivity index (χ4n) is 6.49. The molecule has 0 saturated heterocycles. The number of carbonyl (C=O) groups is 2. The molecule has 146 valence electrons. The van der Waals surface area contributed by atoms with Crippen molar-refractivity contribution in [1.82, 2.24) is 0 Å². The summed E-state index contributed by atoms with van der Waals surface area (Å²) in [6, 6.07) is -0.386. The Balaban J connectivity index is 1.95. The highest BCUT2D eigenvalue weighted by Gasteiger charge is 2.69. The van der Waals surface area contributed by atoms with Gasteiger partial charge in [-0.15, -0.1) is 11.6 Å². The van der Waals surface area contributed by atoms with E-state index in [9.17, 15) is 19.8 Å². The van der Waals surface area contributed by atoms with E-state index >= 15 is 0 Å². The van der Waals surface area contributed by atoms with Crippen molar-refractivity contribution < 1.29 is 23.9 Å². The van der Waals surface area contributed by atoms with Gasteiger partial charge in [0.25, 0.3) is 0 Å². The lowest BCUT2D eigenvalue weighted by Crippen LogP contribution is -2.65. The molecule has 0 unspecified atom stereocenters. The second kappa shape index (κ2) is 5.81. The summed E-state index contributed by atoms with van der Waals surface area (Å²) in [4.78, 5) is 22.2. The van der Waals surface area contributed by atoms with Crippen molar-refractivity contribution in [3.8, 4) is 0 Å². The quantitative estimate of drug-likeness (QED) is 0.307. The van der Waals surface area contributed by atoms with Crippen LogP contribution < -0.4 is 0 Å². The Morgan fingerprint density at radius 3 is 2.81 bits per heavy atom. The summed E-state index contributed by atoms with van der Waals surface area (Å²) in [5, 5.41) is 21.7. The zero-order valence-corrected chi connectivity index (χ0v) is 16.5. The van der Waals surface area contributed by atoms with E-state index in [0.29, 0.717) is 18.3 Å². The molecule has 5 heteroatoms. The summed E-state index contributed by atoms with van der Waals surface area (Å²) in [5.74, 6) is -1.64. The number of aliphatic hydroxyl groups excluding tert-OH is 2. The number of alkyl halides is 1. The average molecular weight is 394 g/mol. The van der Waals surface area contributed by atoms with Crippen molar-refractivity contribution in [2.24, 2.45) is 28.6 Å². The Morgan fingerprint density at radius 1 is 1.44 bits per heavy atom. The molecule has 4 rings (SSSR count). The number of fused-ring (bicyclic) bond motifs is 5. The van der Waals surface area contributed by atoms with E-state index in [0.717, 1.165) is 0 Å². The largest absolute Gasteiger partial charge is 0.505 e. The van der Waals surface area contributed by atoms with Gasteiger partial charge in [0, 0.05) is 8.16 Å². The summed E-state index contributed by atoms with van der Waals surface area (Å²) in [6.07, 6.45) is 0.984. The second-order valence-corrected chi connectivity index (χ2v) is 9.58. The third kappa shape index (κ3) is 2.20. The third-order valence-corrected chi connectivity index (χ3v) is 8.60. The molecule has 2 N–H and O–H groups in total. The highest BCUT2D eigenvalue weighted by Crippen LogP contribution is 2.70. The SMILES string of the molecule is [2H]C1=C2C([2H])([2H])C[C@H]3[C@@H]4C[C@H](C)/C(=C(/O)C=O)[C@@]4(C)C[C@H](O)[C@]3(Cl)[C@@]2(C)C=CC1=O. The Kier molecular flexibility index (Phi) is 3.34. The van der Waals surface area contributed by atoms with E-state index in [2.05, 4.69) is 0 Å². The maximum atomic E-state index is 12.2. The van der Waals surface area contributed by atoms with Gasteiger partial charge in [0.1, 0.15) is 0 Å². The fourth-order valence-corrected chi connectivity index (χ4v) is 6.96. The minimum Gasteiger partial charge on any atom is -0.505 e. The van der Waals surface area contributed by atoms with Crippen molar-refractivity contribution in [1.29, 1.82) is 0 Å². The van der Waals surface area contributed by atoms with Gasteiger partial charge in [-0.1, -0.05) is 32.4 Å². The van der Waals surface area contributed by atoms with Crippen LogP contribution in [0.5, 0.6) is 0 Å². The molecular weight excluding hydrogens is 364 g/mol. The average Bonchev–Trinajstić information content (AvgIpc) is 2.90. The smallest absolute Gasteiger partial charge is 0.184 e. The van der Waals surface area contributed by atoms with Crippen LogP contribution in [-0.2, 0) is 9.59 Å². The van der Waals surface area contributed by atoms with Crippen LogP contribution in [0.2, 0.25) is 0 Å². The molecule has 0 spiro atoms. The first kappa shape index (κ1) is 15.5. The van der Waals surface area contributed by atoms with Crippen LogP contribution in [0, 0.1) is 28.6 Å². The lowest BCUT2D eigenvalue weighted by molar-refractivity contribution is -0.111. The molecule has 0 aromatic rings. The van der Waals surface area contributed by atoms with Crippen LogP contribution in [-0.4, -0.2) is 33.3 Å². The predicted octanol–water partition coefficient (Wildman–Crippen LogP) is 3.88. The monoisotopic (exact) mass is 393 g/mol. The predicted molar refractivity (Wildman–Crippen MR) is 103 cm³/mol. The molecule has 4 nitrogen and oxygen atoms in total. The molecule has 0 aromatic heterocycles. The van der Waals surface area contributed by atoms with E-state index in [1.54, 1.807) is 13.0 Å². The normalized spacial score (nSPS) is 54.3. The van der Waals surface area contributed by atoms with Crippen molar-refractivity contribution in [2.45, 2.75) is 57.4 Å². The van der Waals surface area contributed by atoms with Gasteiger partial charge in [-0.3, -0.25) is 9.59 Å². The highest BCUT2D eigenvalue weighted by atomic mass is 35.5. The summed E-state index contributed by atoms with van der Waals surface area (Å²) in [6.45, 7) is 5.54. The Hall–Kier alpha value is -1.39. The first-order valence-electron chi connectivity index (χ1n) is 11.0. The topological polar surface area (TPSA) is 74.6 Å². The van der Waals surface area contributed by atoms with Crippen LogP contribution in [0.4, 0.5) is 0 Å². The van der Waals surface area contributed by atoms with Crippen molar-refractivity contribution in [2.75, 3.05) is 0 Å². The molecule has 0 aromatic carbocycles. The van der Waals surface area contributed by atoms with E-state index < -0.39 is 39.9 Å². The molecule has 0 aliphatic heterocycles. The maximum absolute atomic E-state index is 12.2. The lowest BCUT2D eigenvalue weighted by atomic mass is 9.46. The molecule has 4 aliphatic carbocycles. The maximum Gasteiger partial charge on any atom is 0.184 e. The molecule has 27 heavy (non-hydrogen) atoms. The molecule has 4 aliphatic rings. The van der Waals surface area contributed by atoms with Gasteiger partial charge in [0.2, 0.25) is 0 Å². The Morgan fingerprint density at radius 2 is 2.15 bits per heavy atom. The van der Waals surface area contributed by atoms with Crippen molar-refractivity contribution in [3.63, 3.8) is 0 Å². The number of ketones is 1. The molecule has 0 radical (unpaired) electrons. The number of aliphatic hydroxyl groups is 2. The van der Waals surface area contributed by atoms with Crippen LogP contribution in [0.3, 0.4) is 0 Å². The lowest BCUT2D eigenvalue weighted by Gasteiger charge is -2.62. The van der Waals surface area contributed by atoms with Gasteiger partial charge in [0.15, 0.2) is 17.8 Å². The first-order chi connectivity index (χ1) is 13.8. The van der Waals surface area contributed by atoms with Gasteiger partial charge >= 0.3 is 0 Å². The number of aldehydes is 1. The summed E-state index contributed by atoms with van der Waals surface area (Å²) >= 11 is 7.28. The number of carbonyl (C=O) groups excluding carboxylic acids is 2. The van der Waals surface area contributed by atoms with Gasteiger partial charge in [-0.05, 0) is 66.5 Å². The molecular formula is C22H27ClO4. The molecule has 3 fully saturated rings. The number of halogens is 1. The first-order valence-corrected chi connectivity index (χ1v) is 9.84. The zero-order chi connectivity index (χ0) is 22.4. The van der Waals surface area contributed by atoms with Crippen LogP contribution in [0.25, 0.3) is 0 Å². The second-order valence-electron chi connectivity index (χ2n) is 8.95. The van der Waals surface area contributed by atoms with Crippen LogP contribution >= 0.6 is 11.6 Å². The van der Waals surface area contributed by atoms with Crippen LogP contribution in [0.1, 0.15) is 50.5 Å².